The van der Waals surface area contributed by atoms with Gasteiger partial charge in [0.05, 0.1) is 6.04 Å². The van der Waals surface area contributed by atoms with Crippen LogP contribution < -0.4 is 10.6 Å². The molecule has 1 aliphatic heterocycles. The molecule has 1 amide bonds. The lowest BCUT2D eigenvalue weighted by molar-refractivity contribution is -0.127. The highest BCUT2D eigenvalue weighted by Crippen LogP contribution is 2.44. The lowest BCUT2D eigenvalue weighted by atomic mass is 9.89. The first-order valence-electron chi connectivity index (χ1n) is 8.02. The zero-order valence-corrected chi connectivity index (χ0v) is 12.9. The summed E-state index contributed by atoms with van der Waals surface area (Å²) < 4.78 is 26.8. The summed E-state index contributed by atoms with van der Waals surface area (Å²) in [5.74, 6) is -1.52. The molecule has 6 heteroatoms. The molecule has 1 saturated heterocycles. The van der Waals surface area contributed by atoms with Crippen molar-refractivity contribution < 1.29 is 13.6 Å². The number of carbonyl (C=O) groups excluding carboxylic acids is 1. The van der Waals surface area contributed by atoms with Gasteiger partial charge in [-0.3, -0.25) is 4.79 Å². The molecule has 2 atom stereocenters. The van der Waals surface area contributed by atoms with E-state index in [2.05, 4.69) is 10.6 Å². The van der Waals surface area contributed by atoms with Crippen LogP contribution in [0.25, 0.3) is 0 Å². The van der Waals surface area contributed by atoms with Gasteiger partial charge in [0.15, 0.2) is 0 Å². The Kier molecular flexibility index (Phi) is 4.43. The van der Waals surface area contributed by atoms with Crippen LogP contribution in [-0.2, 0) is 4.79 Å². The molecule has 23 heavy (non-hydrogen) atoms. The molecule has 1 spiro atoms. The van der Waals surface area contributed by atoms with Crippen molar-refractivity contribution in [2.45, 2.75) is 43.7 Å². The Morgan fingerprint density at radius 2 is 2.09 bits per heavy atom. The maximum absolute atomic E-state index is 13.4. The Morgan fingerprint density at radius 1 is 1.39 bits per heavy atom. The minimum atomic E-state index is -0.678. The quantitative estimate of drug-likeness (QED) is 0.730. The summed E-state index contributed by atoms with van der Waals surface area (Å²) in [4.78, 5) is 12.5. The van der Waals surface area contributed by atoms with Crippen LogP contribution in [0.3, 0.4) is 0 Å². The minimum absolute atomic E-state index is 0.0783. The Labute approximate surface area is 134 Å². The lowest BCUT2D eigenvalue weighted by Crippen LogP contribution is -2.45. The number of hydrogen-bond donors (Lipinski definition) is 3. The summed E-state index contributed by atoms with van der Waals surface area (Å²) in [5.41, 5.74) is 0.497. The molecule has 1 saturated carbocycles. The van der Waals surface area contributed by atoms with E-state index in [0.717, 1.165) is 44.5 Å². The number of halogens is 2. The van der Waals surface area contributed by atoms with Crippen LogP contribution in [0.5, 0.6) is 0 Å². The predicted octanol–water partition coefficient (Wildman–Crippen LogP) is 2.69. The van der Waals surface area contributed by atoms with Gasteiger partial charge in [-0.05, 0) is 56.1 Å². The molecule has 2 unspecified atom stereocenters. The summed E-state index contributed by atoms with van der Waals surface area (Å²) in [7, 11) is 0. The summed E-state index contributed by atoms with van der Waals surface area (Å²) in [6.07, 6.45) is 5.16. The molecule has 3 rings (SSSR count). The molecule has 2 aliphatic rings. The van der Waals surface area contributed by atoms with Gasteiger partial charge in [-0.1, -0.05) is 0 Å². The Morgan fingerprint density at radius 3 is 2.70 bits per heavy atom. The van der Waals surface area contributed by atoms with Crippen molar-refractivity contribution in [1.82, 2.24) is 10.6 Å². The van der Waals surface area contributed by atoms with E-state index in [0.29, 0.717) is 5.56 Å². The molecule has 2 fully saturated rings. The average Bonchev–Trinajstić information content (AvgIpc) is 3.24. The number of benzene rings is 1. The van der Waals surface area contributed by atoms with Crippen molar-refractivity contribution in [3.8, 4) is 0 Å². The predicted molar refractivity (Wildman–Crippen MR) is 83.3 cm³/mol. The summed E-state index contributed by atoms with van der Waals surface area (Å²) in [6.45, 7) is 0.821. The molecule has 124 valence electrons. The van der Waals surface area contributed by atoms with E-state index in [4.69, 9.17) is 5.41 Å². The van der Waals surface area contributed by atoms with Gasteiger partial charge in [-0.2, -0.15) is 0 Å². The van der Waals surface area contributed by atoms with E-state index in [-0.39, 0.29) is 23.8 Å². The number of carbonyl (C=O) groups is 1. The van der Waals surface area contributed by atoms with Crippen molar-refractivity contribution in [3.63, 3.8) is 0 Å². The van der Waals surface area contributed by atoms with E-state index in [1.165, 1.54) is 12.1 Å². The van der Waals surface area contributed by atoms with Gasteiger partial charge >= 0.3 is 0 Å². The molecule has 3 N–H and O–H groups in total. The van der Waals surface area contributed by atoms with Gasteiger partial charge in [0.25, 0.3) is 0 Å². The lowest BCUT2D eigenvalue weighted by Gasteiger charge is -2.31. The van der Waals surface area contributed by atoms with Crippen molar-refractivity contribution in [2.75, 3.05) is 6.54 Å². The minimum Gasteiger partial charge on any atom is -0.349 e. The van der Waals surface area contributed by atoms with Crippen molar-refractivity contribution >= 4 is 12.1 Å². The highest BCUT2D eigenvalue weighted by Gasteiger charge is 2.47. The number of amides is 1. The van der Waals surface area contributed by atoms with Crippen molar-refractivity contribution in [3.05, 3.63) is 35.4 Å². The summed E-state index contributed by atoms with van der Waals surface area (Å²) in [6, 6.07) is 2.65. The highest BCUT2D eigenvalue weighted by atomic mass is 19.1. The van der Waals surface area contributed by atoms with E-state index in [1.807, 2.05) is 0 Å². The van der Waals surface area contributed by atoms with Crippen LogP contribution in [0.1, 0.15) is 43.7 Å². The first-order chi connectivity index (χ1) is 11.0. The number of hydrogen-bond acceptors (Lipinski definition) is 3. The Bertz CT molecular complexity index is 596. The highest BCUT2D eigenvalue weighted by molar-refractivity contribution is 5.80. The average molecular weight is 321 g/mol. The molecule has 0 aromatic heterocycles. The summed E-state index contributed by atoms with van der Waals surface area (Å²) >= 11 is 0. The van der Waals surface area contributed by atoms with Crippen LogP contribution >= 0.6 is 0 Å². The zero-order valence-electron chi connectivity index (χ0n) is 12.9. The van der Waals surface area contributed by atoms with E-state index in [9.17, 15) is 13.6 Å². The van der Waals surface area contributed by atoms with Crippen LogP contribution in [0.15, 0.2) is 18.2 Å². The van der Waals surface area contributed by atoms with E-state index < -0.39 is 17.7 Å². The van der Waals surface area contributed by atoms with E-state index in [1.54, 1.807) is 0 Å². The first kappa shape index (κ1) is 16.1. The van der Waals surface area contributed by atoms with Gasteiger partial charge in [-0.15, -0.1) is 0 Å². The molecule has 1 aromatic rings. The third-order valence-electron chi connectivity index (χ3n) is 4.81. The molecule has 1 aliphatic carbocycles. The van der Waals surface area contributed by atoms with Crippen LogP contribution in [0.2, 0.25) is 0 Å². The number of piperidine rings is 1. The van der Waals surface area contributed by atoms with Gasteiger partial charge in [0, 0.05) is 23.9 Å². The number of nitrogens with one attached hydrogen (secondary N) is 3. The molecule has 0 radical (unpaired) electrons. The van der Waals surface area contributed by atoms with Crippen LogP contribution in [-0.4, -0.2) is 24.2 Å². The standard InChI is InChI=1S/C17H21F2N3O/c18-13-7-12(8-14(19)9-13)15(1-5-20)22-16(23)11-2-6-21-17(10-11)3-4-17/h5,7-9,11,15,20-21H,1-4,6,10H2,(H,22,23). The van der Waals surface area contributed by atoms with Gasteiger partial charge < -0.3 is 16.0 Å². The fourth-order valence-corrected chi connectivity index (χ4v) is 3.38. The maximum atomic E-state index is 13.4. The Hall–Kier alpha value is -1.82. The normalized spacial score (nSPS) is 23.3. The molecule has 0 bridgehead atoms. The maximum Gasteiger partial charge on any atom is 0.223 e. The van der Waals surface area contributed by atoms with E-state index >= 15 is 0 Å². The van der Waals surface area contributed by atoms with Crippen LogP contribution in [0, 0.1) is 23.0 Å². The van der Waals surface area contributed by atoms with Gasteiger partial charge in [-0.25, -0.2) is 8.78 Å². The second-order valence-electron chi connectivity index (χ2n) is 6.60. The molecular formula is C17H21F2N3O. The molecule has 1 heterocycles. The van der Waals surface area contributed by atoms with Gasteiger partial charge in [0.1, 0.15) is 11.6 Å². The first-order valence-corrected chi connectivity index (χ1v) is 8.02. The topological polar surface area (TPSA) is 65.0 Å². The van der Waals surface area contributed by atoms with Crippen molar-refractivity contribution in [2.24, 2.45) is 5.92 Å². The second-order valence-corrected chi connectivity index (χ2v) is 6.60. The smallest absolute Gasteiger partial charge is 0.223 e. The third kappa shape index (κ3) is 3.75. The number of rotatable bonds is 5. The molecule has 4 nitrogen and oxygen atoms in total. The van der Waals surface area contributed by atoms with Crippen molar-refractivity contribution in [1.29, 1.82) is 5.41 Å². The second kappa shape index (κ2) is 6.35. The molecule has 1 aromatic carbocycles. The molecular weight excluding hydrogens is 300 g/mol. The van der Waals surface area contributed by atoms with Crippen LogP contribution in [0.4, 0.5) is 8.78 Å². The Balaban J connectivity index is 1.71. The van der Waals surface area contributed by atoms with Gasteiger partial charge in [0.2, 0.25) is 5.91 Å². The SMILES string of the molecule is N=CCC(NC(=O)C1CCNC2(CC2)C1)c1cc(F)cc(F)c1. The fourth-order valence-electron chi connectivity index (χ4n) is 3.38. The monoisotopic (exact) mass is 321 g/mol. The summed E-state index contributed by atoms with van der Waals surface area (Å²) in [5, 5.41) is 13.6. The third-order valence-corrected chi connectivity index (χ3v) is 4.81. The largest absolute Gasteiger partial charge is 0.349 e. The zero-order chi connectivity index (χ0) is 16.4. The fraction of sp³-hybridized carbons (Fsp3) is 0.529.